The van der Waals surface area contributed by atoms with Crippen LogP contribution in [0.4, 0.5) is 11.8 Å². The van der Waals surface area contributed by atoms with E-state index >= 15 is 0 Å². The van der Waals surface area contributed by atoms with Crippen LogP contribution in [0.2, 0.25) is 0 Å². The summed E-state index contributed by atoms with van der Waals surface area (Å²) in [5.41, 5.74) is 17.7. The van der Waals surface area contributed by atoms with Crippen LogP contribution in [-0.4, -0.2) is 54.6 Å². The average molecular weight is 281 g/mol. The molecule has 1 fully saturated rings. The van der Waals surface area contributed by atoms with Gasteiger partial charge in [0.25, 0.3) is 0 Å². The first kappa shape index (κ1) is 13.0. The number of ether oxygens (including phenoxy) is 1. The molecule has 4 atom stereocenters. The van der Waals surface area contributed by atoms with E-state index in [1.807, 2.05) is 0 Å². The zero-order chi connectivity index (χ0) is 14.4. The fourth-order valence-electron chi connectivity index (χ4n) is 2.30. The highest BCUT2D eigenvalue weighted by Gasteiger charge is 2.42. The molecule has 1 aliphatic heterocycles. The SMILES string of the molecule is Nc1nc(N)c2ncn([C@@H]3O[C@H](CO)C(N)C3O)c2n1. The van der Waals surface area contributed by atoms with Gasteiger partial charge in [-0.2, -0.15) is 9.97 Å². The number of aromatic nitrogens is 4. The lowest BCUT2D eigenvalue weighted by molar-refractivity contribution is -0.0488. The lowest BCUT2D eigenvalue weighted by Gasteiger charge is -2.16. The molecule has 2 aromatic rings. The molecule has 3 rings (SSSR count). The molecule has 10 heteroatoms. The van der Waals surface area contributed by atoms with Crippen molar-refractivity contribution in [3.05, 3.63) is 6.33 Å². The average Bonchev–Trinajstić information content (AvgIpc) is 2.93. The normalized spacial score (nSPS) is 30.1. The highest BCUT2D eigenvalue weighted by atomic mass is 16.5. The third-order valence-corrected chi connectivity index (χ3v) is 3.35. The van der Waals surface area contributed by atoms with Crippen LogP contribution < -0.4 is 17.2 Å². The number of fused-ring (bicyclic) bond motifs is 1. The Morgan fingerprint density at radius 2 is 2.10 bits per heavy atom. The molecule has 0 aliphatic carbocycles. The van der Waals surface area contributed by atoms with Gasteiger partial charge in [0.1, 0.15) is 17.7 Å². The van der Waals surface area contributed by atoms with Gasteiger partial charge in [0.05, 0.1) is 19.0 Å². The third-order valence-electron chi connectivity index (χ3n) is 3.35. The minimum atomic E-state index is -1.01. The van der Waals surface area contributed by atoms with Gasteiger partial charge in [-0.05, 0) is 0 Å². The third kappa shape index (κ3) is 1.78. The minimum Gasteiger partial charge on any atom is -0.394 e. The van der Waals surface area contributed by atoms with Crippen molar-refractivity contribution in [3.8, 4) is 0 Å². The van der Waals surface area contributed by atoms with Crippen molar-refractivity contribution in [3.63, 3.8) is 0 Å². The van der Waals surface area contributed by atoms with Crippen LogP contribution in [0, 0.1) is 0 Å². The van der Waals surface area contributed by atoms with Crippen LogP contribution in [0.15, 0.2) is 6.33 Å². The monoisotopic (exact) mass is 281 g/mol. The van der Waals surface area contributed by atoms with Crippen molar-refractivity contribution in [2.75, 3.05) is 18.1 Å². The Morgan fingerprint density at radius 1 is 1.35 bits per heavy atom. The summed E-state index contributed by atoms with van der Waals surface area (Å²) in [7, 11) is 0. The van der Waals surface area contributed by atoms with Gasteiger partial charge in [-0.1, -0.05) is 0 Å². The van der Waals surface area contributed by atoms with Gasteiger partial charge in [-0.15, -0.1) is 0 Å². The lowest BCUT2D eigenvalue weighted by atomic mass is 10.1. The topological polar surface area (TPSA) is 171 Å². The number of aliphatic hydroxyl groups excluding tert-OH is 2. The van der Waals surface area contributed by atoms with Crippen LogP contribution >= 0.6 is 0 Å². The first-order chi connectivity index (χ1) is 9.52. The zero-order valence-electron chi connectivity index (χ0n) is 10.4. The number of nitrogens with zero attached hydrogens (tertiary/aromatic N) is 4. The van der Waals surface area contributed by atoms with Gasteiger partial charge in [-0.25, -0.2) is 4.98 Å². The van der Waals surface area contributed by atoms with Crippen LogP contribution in [0.3, 0.4) is 0 Å². The molecule has 2 aromatic heterocycles. The Balaban J connectivity index is 2.07. The Morgan fingerprint density at radius 3 is 2.75 bits per heavy atom. The van der Waals surface area contributed by atoms with Gasteiger partial charge < -0.3 is 32.2 Å². The number of hydrogen-bond acceptors (Lipinski definition) is 9. The zero-order valence-corrected chi connectivity index (χ0v) is 10.4. The largest absolute Gasteiger partial charge is 0.394 e. The number of anilines is 2. The lowest BCUT2D eigenvalue weighted by Crippen LogP contribution is -2.41. The predicted molar refractivity (Wildman–Crippen MR) is 69.1 cm³/mol. The summed E-state index contributed by atoms with van der Waals surface area (Å²) in [6, 6.07) is -0.709. The van der Waals surface area contributed by atoms with E-state index in [1.54, 1.807) is 0 Å². The number of aliphatic hydroxyl groups is 2. The second kappa shape index (κ2) is 4.52. The molecule has 20 heavy (non-hydrogen) atoms. The molecule has 1 aliphatic rings. The maximum Gasteiger partial charge on any atom is 0.224 e. The smallest absolute Gasteiger partial charge is 0.224 e. The molecule has 0 saturated carbocycles. The maximum absolute atomic E-state index is 10.1. The summed E-state index contributed by atoms with van der Waals surface area (Å²) in [6.45, 7) is -0.291. The van der Waals surface area contributed by atoms with Crippen LogP contribution in [0.25, 0.3) is 11.2 Å². The van der Waals surface area contributed by atoms with Crippen LogP contribution in [0.1, 0.15) is 6.23 Å². The van der Waals surface area contributed by atoms with E-state index in [0.29, 0.717) is 11.2 Å². The van der Waals surface area contributed by atoms with Gasteiger partial charge in [0, 0.05) is 0 Å². The first-order valence-electron chi connectivity index (χ1n) is 5.98. The second-order valence-corrected chi connectivity index (χ2v) is 4.61. The minimum absolute atomic E-state index is 0.00718. The van der Waals surface area contributed by atoms with Crippen molar-refractivity contribution in [2.45, 2.75) is 24.5 Å². The molecular formula is C10H15N7O3. The van der Waals surface area contributed by atoms with E-state index in [1.165, 1.54) is 10.9 Å². The molecule has 0 amide bonds. The Bertz CT molecular complexity index is 645. The molecule has 108 valence electrons. The summed E-state index contributed by atoms with van der Waals surface area (Å²) < 4.78 is 7.00. The number of rotatable bonds is 2. The first-order valence-corrected chi connectivity index (χ1v) is 5.98. The number of nitrogens with two attached hydrogens (primary N) is 3. The second-order valence-electron chi connectivity index (χ2n) is 4.61. The summed E-state index contributed by atoms with van der Waals surface area (Å²) in [5.74, 6) is 0.133. The van der Waals surface area contributed by atoms with Gasteiger partial charge >= 0.3 is 0 Å². The highest BCUT2D eigenvalue weighted by Crippen LogP contribution is 2.31. The molecule has 0 radical (unpaired) electrons. The standard InChI is InChI=1S/C10H15N7O3/c11-4-3(1-18)20-9(6(4)19)17-2-14-5-7(12)15-10(13)16-8(5)17/h2-4,6,9,18-19H,1,11H2,(H4,12,13,15,16)/t3-,4?,6?,9-/m1/s1. The molecule has 3 heterocycles. The molecule has 1 saturated heterocycles. The van der Waals surface area contributed by atoms with Gasteiger partial charge in [-0.3, -0.25) is 4.57 Å². The quantitative estimate of drug-likeness (QED) is 0.401. The van der Waals surface area contributed by atoms with Crippen molar-refractivity contribution >= 4 is 22.9 Å². The van der Waals surface area contributed by atoms with E-state index in [9.17, 15) is 5.11 Å². The van der Waals surface area contributed by atoms with Crippen molar-refractivity contribution < 1.29 is 14.9 Å². The van der Waals surface area contributed by atoms with Gasteiger partial charge in [0.15, 0.2) is 17.7 Å². The van der Waals surface area contributed by atoms with Crippen molar-refractivity contribution in [1.29, 1.82) is 0 Å². The molecule has 8 N–H and O–H groups in total. The highest BCUT2D eigenvalue weighted by molar-refractivity contribution is 5.82. The molecule has 0 spiro atoms. The summed E-state index contributed by atoms with van der Waals surface area (Å²) >= 11 is 0. The predicted octanol–water partition coefficient (Wildman–Crippen LogP) is -2.43. The van der Waals surface area contributed by atoms with E-state index < -0.39 is 24.5 Å². The molecular weight excluding hydrogens is 266 g/mol. The van der Waals surface area contributed by atoms with E-state index in [4.69, 9.17) is 27.0 Å². The fraction of sp³-hybridized carbons (Fsp3) is 0.500. The molecule has 0 bridgehead atoms. The maximum atomic E-state index is 10.1. The Hall–Kier alpha value is -2.01. The summed E-state index contributed by atoms with van der Waals surface area (Å²) in [5, 5.41) is 19.3. The van der Waals surface area contributed by atoms with Crippen molar-refractivity contribution in [2.24, 2.45) is 5.73 Å². The van der Waals surface area contributed by atoms with Crippen LogP contribution in [0.5, 0.6) is 0 Å². The Kier molecular flexibility index (Phi) is 2.94. The van der Waals surface area contributed by atoms with E-state index in [-0.39, 0.29) is 18.4 Å². The number of nitrogen functional groups attached to an aromatic ring is 2. The molecule has 10 nitrogen and oxygen atoms in total. The summed E-state index contributed by atoms with van der Waals surface area (Å²) in [4.78, 5) is 11.9. The molecule has 0 aromatic carbocycles. The number of imidazole rings is 1. The van der Waals surface area contributed by atoms with Gasteiger partial charge in [0.2, 0.25) is 5.95 Å². The summed E-state index contributed by atoms with van der Waals surface area (Å²) in [6.07, 6.45) is -1.08. The fourth-order valence-corrected chi connectivity index (χ4v) is 2.30. The molecule has 2 unspecified atom stereocenters. The van der Waals surface area contributed by atoms with Crippen LogP contribution in [-0.2, 0) is 4.74 Å². The van der Waals surface area contributed by atoms with E-state index in [0.717, 1.165) is 0 Å². The Labute approximate surface area is 113 Å². The van der Waals surface area contributed by atoms with E-state index in [2.05, 4.69) is 15.0 Å². The number of hydrogen-bond donors (Lipinski definition) is 5. The van der Waals surface area contributed by atoms with Crippen molar-refractivity contribution in [1.82, 2.24) is 19.5 Å².